The van der Waals surface area contributed by atoms with Gasteiger partial charge in [0.25, 0.3) is 17.8 Å². The average Bonchev–Trinajstić information content (AvgIpc) is 3.11. The second-order valence-corrected chi connectivity index (χ2v) is 6.22. The molecule has 1 aliphatic rings. The van der Waals surface area contributed by atoms with Gasteiger partial charge in [-0.25, -0.2) is 0 Å². The van der Waals surface area contributed by atoms with Crippen LogP contribution in [0, 0.1) is 23.5 Å². The maximum atomic E-state index is 13.9. The predicted octanol–water partition coefficient (Wildman–Crippen LogP) is 3.08. The van der Waals surface area contributed by atoms with Gasteiger partial charge in [-0.05, 0) is 12.1 Å². The SMILES string of the molecule is O=C(c1cc2ccccc2[nH]1)N1CCN(c2c(F)c(F)nc(F)c2F)CC1. The number of piperazine rings is 1. The molecule has 1 aromatic carbocycles. The number of halogens is 4. The molecule has 140 valence electrons. The first kappa shape index (κ1) is 17.3. The van der Waals surface area contributed by atoms with Gasteiger partial charge in [0.2, 0.25) is 11.6 Å². The number of hydrogen-bond acceptors (Lipinski definition) is 3. The zero-order chi connectivity index (χ0) is 19.1. The maximum Gasteiger partial charge on any atom is 0.270 e. The Balaban J connectivity index is 1.52. The van der Waals surface area contributed by atoms with Crippen molar-refractivity contribution in [1.82, 2.24) is 14.9 Å². The van der Waals surface area contributed by atoms with Gasteiger partial charge in [-0.3, -0.25) is 4.79 Å². The van der Waals surface area contributed by atoms with Crippen LogP contribution in [0.15, 0.2) is 30.3 Å². The van der Waals surface area contributed by atoms with E-state index in [4.69, 9.17) is 0 Å². The van der Waals surface area contributed by atoms with E-state index in [1.165, 1.54) is 9.80 Å². The lowest BCUT2D eigenvalue weighted by molar-refractivity contribution is 0.0741. The van der Waals surface area contributed by atoms with Gasteiger partial charge >= 0.3 is 0 Å². The standard InChI is InChI=1S/C18H14F4N4O/c19-13-15(14(20)17(22)24-16(13)21)25-5-7-26(8-6-25)18(27)12-9-10-3-1-2-4-11(10)23-12/h1-4,9,23H,5-8H2. The van der Waals surface area contributed by atoms with Crippen molar-refractivity contribution < 1.29 is 22.4 Å². The van der Waals surface area contributed by atoms with Gasteiger partial charge in [-0.1, -0.05) is 18.2 Å². The lowest BCUT2D eigenvalue weighted by Gasteiger charge is -2.36. The summed E-state index contributed by atoms with van der Waals surface area (Å²) in [7, 11) is 0. The molecule has 1 fully saturated rings. The zero-order valence-electron chi connectivity index (χ0n) is 14.0. The Hall–Kier alpha value is -3.10. The van der Waals surface area contributed by atoms with Crippen LogP contribution >= 0.6 is 0 Å². The highest BCUT2D eigenvalue weighted by Gasteiger charge is 2.29. The van der Waals surface area contributed by atoms with E-state index in [2.05, 4.69) is 9.97 Å². The second-order valence-electron chi connectivity index (χ2n) is 6.22. The Morgan fingerprint density at radius 1 is 0.963 bits per heavy atom. The van der Waals surface area contributed by atoms with Crippen LogP contribution in [-0.2, 0) is 0 Å². The number of carbonyl (C=O) groups excluding carboxylic acids is 1. The van der Waals surface area contributed by atoms with Crippen molar-refractivity contribution in [3.8, 4) is 0 Å². The summed E-state index contributed by atoms with van der Waals surface area (Å²) in [4.78, 5) is 20.9. The van der Waals surface area contributed by atoms with Crippen molar-refractivity contribution >= 4 is 22.5 Å². The molecule has 0 aliphatic carbocycles. The molecular formula is C18H14F4N4O. The van der Waals surface area contributed by atoms with Crippen molar-refractivity contribution in [2.45, 2.75) is 0 Å². The number of benzene rings is 1. The number of aromatic nitrogens is 2. The lowest BCUT2D eigenvalue weighted by Crippen LogP contribution is -2.49. The lowest BCUT2D eigenvalue weighted by atomic mass is 10.2. The number of nitrogens with zero attached hydrogens (tertiary/aromatic N) is 3. The molecule has 1 amide bonds. The van der Waals surface area contributed by atoms with Gasteiger partial charge in [0.1, 0.15) is 11.4 Å². The minimum atomic E-state index is -1.69. The first-order valence-electron chi connectivity index (χ1n) is 8.27. The number of aromatic amines is 1. The third-order valence-electron chi connectivity index (χ3n) is 4.62. The highest BCUT2D eigenvalue weighted by atomic mass is 19.2. The molecule has 0 radical (unpaired) electrons. The molecule has 9 heteroatoms. The van der Waals surface area contributed by atoms with E-state index in [-0.39, 0.29) is 32.1 Å². The van der Waals surface area contributed by atoms with Gasteiger partial charge in [-0.2, -0.15) is 22.5 Å². The number of H-pyrrole nitrogens is 1. The molecule has 3 aromatic rings. The Labute approximate surface area is 151 Å². The highest BCUT2D eigenvalue weighted by molar-refractivity contribution is 5.98. The van der Waals surface area contributed by atoms with Crippen LogP contribution in [0.2, 0.25) is 0 Å². The fourth-order valence-corrected chi connectivity index (χ4v) is 3.25. The molecule has 27 heavy (non-hydrogen) atoms. The summed E-state index contributed by atoms with van der Waals surface area (Å²) in [6, 6.07) is 9.17. The molecule has 3 heterocycles. The molecule has 2 aromatic heterocycles. The molecule has 1 saturated heterocycles. The quantitative estimate of drug-likeness (QED) is 0.551. The van der Waals surface area contributed by atoms with Gasteiger partial charge in [-0.15, -0.1) is 0 Å². The van der Waals surface area contributed by atoms with Crippen molar-refractivity contribution in [1.29, 1.82) is 0 Å². The molecule has 0 saturated carbocycles. The first-order chi connectivity index (χ1) is 13.0. The summed E-state index contributed by atoms with van der Waals surface area (Å²) in [6.45, 7) is 0.364. The van der Waals surface area contributed by atoms with Crippen LogP contribution in [0.3, 0.4) is 0 Å². The molecule has 0 bridgehead atoms. The van der Waals surface area contributed by atoms with Crippen molar-refractivity contribution in [2.24, 2.45) is 0 Å². The average molecular weight is 378 g/mol. The highest BCUT2D eigenvalue weighted by Crippen LogP contribution is 2.27. The number of pyridine rings is 1. The van der Waals surface area contributed by atoms with E-state index in [0.29, 0.717) is 5.69 Å². The number of hydrogen-bond donors (Lipinski definition) is 1. The van der Waals surface area contributed by atoms with Crippen molar-refractivity contribution in [3.63, 3.8) is 0 Å². The van der Waals surface area contributed by atoms with Crippen LogP contribution in [0.4, 0.5) is 23.2 Å². The van der Waals surface area contributed by atoms with E-state index in [1.807, 2.05) is 24.3 Å². The molecule has 5 nitrogen and oxygen atoms in total. The van der Waals surface area contributed by atoms with E-state index in [0.717, 1.165) is 10.9 Å². The molecular weight excluding hydrogens is 364 g/mol. The number of amides is 1. The van der Waals surface area contributed by atoms with Crippen molar-refractivity contribution in [3.05, 3.63) is 59.6 Å². The Morgan fingerprint density at radius 3 is 2.22 bits per heavy atom. The Bertz CT molecular complexity index is 968. The number of para-hydroxylation sites is 1. The monoisotopic (exact) mass is 378 g/mol. The summed E-state index contributed by atoms with van der Waals surface area (Å²) >= 11 is 0. The van der Waals surface area contributed by atoms with E-state index >= 15 is 0 Å². The van der Waals surface area contributed by atoms with Gasteiger partial charge in [0.15, 0.2) is 0 Å². The molecule has 4 rings (SSSR count). The Morgan fingerprint density at radius 2 is 1.59 bits per heavy atom. The Kier molecular flexibility index (Phi) is 4.21. The van der Waals surface area contributed by atoms with Gasteiger partial charge in [0.05, 0.1) is 0 Å². The second kappa shape index (κ2) is 6.57. The smallest absolute Gasteiger partial charge is 0.270 e. The summed E-state index contributed by atoms with van der Waals surface area (Å²) in [6.07, 6.45) is 0. The topological polar surface area (TPSA) is 52.2 Å². The summed E-state index contributed by atoms with van der Waals surface area (Å²) in [5.41, 5.74) is 0.437. The molecule has 0 spiro atoms. The number of rotatable bonds is 2. The van der Waals surface area contributed by atoms with Crippen LogP contribution in [-0.4, -0.2) is 47.0 Å². The molecule has 0 atom stereocenters. The fourth-order valence-electron chi connectivity index (χ4n) is 3.25. The summed E-state index contributed by atoms with van der Waals surface area (Å²) in [5.74, 6) is -6.71. The minimum Gasteiger partial charge on any atom is -0.363 e. The third kappa shape index (κ3) is 2.98. The zero-order valence-corrected chi connectivity index (χ0v) is 14.0. The minimum absolute atomic E-state index is 0.0305. The van der Waals surface area contributed by atoms with Crippen LogP contribution < -0.4 is 4.90 Å². The van der Waals surface area contributed by atoms with Crippen LogP contribution in [0.25, 0.3) is 10.9 Å². The summed E-state index contributed by atoms with van der Waals surface area (Å²) < 4.78 is 54.4. The number of fused-ring (bicyclic) bond motifs is 1. The van der Waals surface area contributed by atoms with Gasteiger partial charge in [0, 0.05) is 37.1 Å². The van der Waals surface area contributed by atoms with E-state index < -0.39 is 29.2 Å². The number of carbonyl (C=O) groups is 1. The maximum absolute atomic E-state index is 13.9. The molecule has 0 unspecified atom stereocenters. The van der Waals surface area contributed by atoms with Crippen LogP contribution in [0.1, 0.15) is 10.5 Å². The summed E-state index contributed by atoms with van der Waals surface area (Å²) in [5, 5.41) is 0.895. The fraction of sp³-hybridized carbons (Fsp3) is 0.222. The number of nitrogens with one attached hydrogen (secondary N) is 1. The van der Waals surface area contributed by atoms with Gasteiger partial charge < -0.3 is 14.8 Å². The first-order valence-corrected chi connectivity index (χ1v) is 8.27. The van der Waals surface area contributed by atoms with E-state index in [9.17, 15) is 22.4 Å². The largest absolute Gasteiger partial charge is 0.363 e. The normalized spacial score (nSPS) is 14.8. The number of anilines is 1. The molecule has 1 N–H and O–H groups in total. The van der Waals surface area contributed by atoms with Crippen LogP contribution in [0.5, 0.6) is 0 Å². The van der Waals surface area contributed by atoms with Crippen molar-refractivity contribution in [2.75, 3.05) is 31.1 Å². The van der Waals surface area contributed by atoms with E-state index in [1.54, 1.807) is 6.07 Å². The predicted molar refractivity (Wildman–Crippen MR) is 90.5 cm³/mol. The molecule has 1 aliphatic heterocycles. The third-order valence-corrected chi connectivity index (χ3v) is 4.62.